The zero-order valence-electron chi connectivity index (χ0n) is 10.3. The molecule has 0 aromatic heterocycles. The fourth-order valence-corrected chi connectivity index (χ4v) is 3.99. The minimum atomic E-state index is -3.34. The lowest BCUT2D eigenvalue weighted by molar-refractivity contribution is 0.603. The van der Waals surface area contributed by atoms with Gasteiger partial charge in [0.1, 0.15) is 0 Å². The molecule has 0 fully saturated rings. The summed E-state index contributed by atoms with van der Waals surface area (Å²) in [4.78, 5) is 0.842. The maximum absolute atomic E-state index is 12.4. The Morgan fingerprint density at radius 2 is 1.67 bits per heavy atom. The maximum atomic E-state index is 12.4. The molecule has 0 N–H and O–H groups in total. The van der Waals surface area contributed by atoms with E-state index in [-0.39, 0.29) is 5.41 Å². The number of hydrogen-bond donors (Lipinski definition) is 0. The van der Waals surface area contributed by atoms with Crippen LogP contribution in [0, 0.1) is 5.41 Å². The van der Waals surface area contributed by atoms with Gasteiger partial charge in [-0.1, -0.05) is 50.3 Å². The molecule has 0 unspecified atom stereocenters. The van der Waals surface area contributed by atoms with Crippen LogP contribution in [0.2, 0.25) is 0 Å². The maximum Gasteiger partial charge on any atom is 0.207 e. The summed E-state index contributed by atoms with van der Waals surface area (Å²) in [5, 5.41) is 0. The average Bonchev–Trinajstić information content (AvgIpc) is 2.43. The second kappa shape index (κ2) is 3.45. The summed E-state index contributed by atoms with van der Waals surface area (Å²) >= 11 is 0. The van der Waals surface area contributed by atoms with Crippen LogP contribution in [0.1, 0.15) is 19.4 Å². The molecule has 1 aromatic carbocycles. The first-order chi connectivity index (χ1) is 8.42. The molecule has 2 aliphatic rings. The van der Waals surface area contributed by atoms with Gasteiger partial charge in [0, 0.05) is 16.6 Å². The van der Waals surface area contributed by atoms with E-state index in [2.05, 4.69) is 13.8 Å². The Kier molecular flexibility index (Phi) is 2.20. The van der Waals surface area contributed by atoms with Crippen molar-refractivity contribution in [1.82, 2.24) is 0 Å². The molecule has 0 amide bonds. The summed E-state index contributed by atoms with van der Waals surface area (Å²) in [5.41, 5.74) is 1.51. The van der Waals surface area contributed by atoms with Gasteiger partial charge in [0.25, 0.3) is 0 Å². The standard InChI is InChI=1S/C15H14O2S/c1-15(2)9-7-12-11-5-3-4-6-13(11)18(16,17)14(12)8-10-15/h3-10H,1-2H3. The van der Waals surface area contributed by atoms with Crippen LogP contribution in [0.5, 0.6) is 0 Å². The van der Waals surface area contributed by atoms with Crippen molar-refractivity contribution in [3.8, 4) is 0 Å². The summed E-state index contributed by atoms with van der Waals surface area (Å²) < 4.78 is 24.9. The van der Waals surface area contributed by atoms with Gasteiger partial charge in [-0.25, -0.2) is 8.42 Å². The number of sulfone groups is 1. The lowest BCUT2D eigenvalue weighted by Gasteiger charge is -2.13. The van der Waals surface area contributed by atoms with Gasteiger partial charge in [-0.05, 0) is 12.1 Å². The van der Waals surface area contributed by atoms with E-state index >= 15 is 0 Å². The van der Waals surface area contributed by atoms with Crippen molar-refractivity contribution in [2.75, 3.05) is 0 Å². The molecule has 0 saturated heterocycles. The molecular weight excluding hydrogens is 244 g/mol. The SMILES string of the molecule is CC1(C)C=CC2=C(C=C1)S(=O)(=O)c1ccccc12. The van der Waals surface area contributed by atoms with Gasteiger partial charge in [0.15, 0.2) is 0 Å². The summed E-state index contributed by atoms with van der Waals surface area (Å²) in [5.74, 6) is 0. The monoisotopic (exact) mass is 258 g/mol. The van der Waals surface area contributed by atoms with Gasteiger partial charge < -0.3 is 0 Å². The van der Waals surface area contributed by atoms with Crippen molar-refractivity contribution < 1.29 is 8.42 Å². The molecular formula is C15H14O2S. The molecule has 1 aliphatic heterocycles. The van der Waals surface area contributed by atoms with Crippen molar-refractivity contribution in [2.45, 2.75) is 18.7 Å². The summed E-state index contributed by atoms with van der Waals surface area (Å²) in [7, 11) is -3.34. The number of allylic oxidation sites excluding steroid dienone is 5. The molecule has 0 spiro atoms. The van der Waals surface area contributed by atoms with Crippen LogP contribution in [0.25, 0.3) is 5.57 Å². The molecule has 0 saturated carbocycles. The van der Waals surface area contributed by atoms with Crippen LogP contribution in [0.15, 0.2) is 58.4 Å². The van der Waals surface area contributed by atoms with Crippen molar-refractivity contribution in [2.24, 2.45) is 5.41 Å². The second-order valence-corrected chi connectivity index (χ2v) is 7.15. The zero-order chi connectivity index (χ0) is 13.0. The topological polar surface area (TPSA) is 34.1 Å². The zero-order valence-corrected chi connectivity index (χ0v) is 11.2. The highest BCUT2D eigenvalue weighted by molar-refractivity contribution is 7.96. The van der Waals surface area contributed by atoms with E-state index in [0.29, 0.717) is 9.80 Å². The largest absolute Gasteiger partial charge is 0.218 e. The van der Waals surface area contributed by atoms with E-state index in [9.17, 15) is 8.42 Å². The van der Waals surface area contributed by atoms with Crippen molar-refractivity contribution >= 4 is 15.4 Å². The number of benzene rings is 1. The highest BCUT2D eigenvalue weighted by Gasteiger charge is 2.34. The highest BCUT2D eigenvalue weighted by Crippen LogP contribution is 2.42. The van der Waals surface area contributed by atoms with Gasteiger partial charge in [0.2, 0.25) is 9.84 Å². The fourth-order valence-electron chi connectivity index (χ4n) is 2.31. The Morgan fingerprint density at radius 1 is 1.00 bits per heavy atom. The minimum absolute atomic E-state index is 0.116. The highest BCUT2D eigenvalue weighted by atomic mass is 32.2. The molecule has 92 valence electrons. The first-order valence-corrected chi connectivity index (χ1v) is 7.37. The van der Waals surface area contributed by atoms with Crippen LogP contribution in [-0.2, 0) is 9.84 Å². The molecule has 0 radical (unpaired) electrons. The van der Waals surface area contributed by atoms with E-state index in [1.54, 1.807) is 18.2 Å². The van der Waals surface area contributed by atoms with Gasteiger partial charge in [0.05, 0.1) is 9.80 Å². The van der Waals surface area contributed by atoms with Crippen LogP contribution in [-0.4, -0.2) is 8.42 Å². The van der Waals surface area contributed by atoms with E-state index in [1.165, 1.54) is 0 Å². The second-order valence-electron chi connectivity index (χ2n) is 5.27. The Labute approximate surface area is 107 Å². The van der Waals surface area contributed by atoms with Gasteiger partial charge in [-0.2, -0.15) is 0 Å². The quantitative estimate of drug-likeness (QED) is 0.715. The number of hydrogen-bond acceptors (Lipinski definition) is 2. The summed E-state index contributed by atoms with van der Waals surface area (Å²) in [6.45, 7) is 4.11. The molecule has 3 rings (SSSR count). The lowest BCUT2D eigenvalue weighted by Crippen LogP contribution is -2.03. The fraction of sp³-hybridized carbons (Fsp3) is 0.200. The predicted octanol–water partition coefficient (Wildman–Crippen LogP) is 3.34. The van der Waals surface area contributed by atoms with Crippen molar-refractivity contribution in [1.29, 1.82) is 0 Å². The molecule has 0 bridgehead atoms. The smallest absolute Gasteiger partial charge is 0.207 e. The molecule has 0 atom stereocenters. The number of fused-ring (bicyclic) bond motifs is 2. The molecule has 18 heavy (non-hydrogen) atoms. The molecule has 3 heteroatoms. The molecule has 1 aromatic rings. The predicted molar refractivity (Wildman–Crippen MR) is 72.6 cm³/mol. The first-order valence-electron chi connectivity index (χ1n) is 5.89. The van der Waals surface area contributed by atoms with Crippen LogP contribution in [0.3, 0.4) is 0 Å². The van der Waals surface area contributed by atoms with Crippen LogP contribution >= 0.6 is 0 Å². The third-order valence-corrected chi connectivity index (χ3v) is 5.24. The van der Waals surface area contributed by atoms with Crippen LogP contribution < -0.4 is 0 Å². The van der Waals surface area contributed by atoms with Crippen LogP contribution in [0.4, 0.5) is 0 Å². The van der Waals surface area contributed by atoms with Gasteiger partial charge in [-0.15, -0.1) is 0 Å². The summed E-state index contributed by atoms with van der Waals surface area (Å²) in [6, 6.07) is 7.18. The van der Waals surface area contributed by atoms with Gasteiger partial charge >= 0.3 is 0 Å². The van der Waals surface area contributed by atoms with E-state index in [4.69, 9.17) is 0 Å². The lowest BCUT2D eigenvalue weighted by atomic mass is 9.93. The number of rotatable bonds is 0. The first kappa shape index (κ1) is 11.5. The average molecular weight is 258 g/mol. The third-order valence-electron chi connectivity index (χ3n) is 3.37. The summed E-state index contributed by atoms with van der Waals surface area (Å²) in [6.07, 6.45) is 7.65. The normalized spacial score (nSPS) is 22.6. The Balaban J connectivity index is 2.33. The van der Waals surface area contributed by atoms with Crippen molar-refractivity contribution in [3.63, 3.8) is 0 Å². The van der Waals surface area contributed by atoms with E-state index < -0.39 is 9.84 Å². The Hall–Kier alpha value is -1.61. The Bertz CT molecular complexity index is 717. The van der Waals surface area contributed by atoms with E-state index in [0.717, 1.165) is 11.1 Å². The molecule has 1 heterocycles. The van der Waals surface area contributed by atoms with Crippen molar-refractivity contribution in [3.05, 3.63) is 59.0 Å². The van der Waals surface area contributed by atoms with Gasteiger partial charge in [-0.3, -0.25) is 0 Å². The van der Waals surface area contributed by atoms with E-state index in [1.807, 2.05) is 30.4 Å². The third kappa shape index (κ3) is 1.51. The molecule has 1 aliphatic carbocycles. The Morgan fingerprint density at radius 3 is 2.44 bits per heavy atom. The minimum Gasteiger partial charge on any atom is -0.218 e. The molecule has 2 nitrogen and oxygen atoms in total.